The molecule has 0 aliphatic heterocycles. The summed E-state index contributed by atoms with van der Waals surface area (Å²) < 4.78 is 0. The van der Waals surface area contributed by atoms with E-state index in [9.17, 15) is 9.59 Å². The van der Waals surface area contributed by atoms with E-state index in [2.05, 4.69) is 5.32 Å². The van der Waals surface area contributed by atoms with Gasteiger partial charge < -0.3 is 10.4 Å². The number of benzene rings is 1. The first-order chi connectivity index (χ1) is 10.1. The molecule has 2 N–H and O–H groups in total. The quantitative estimate of drug-likeness (QED) is 0.834. The monoisotopic (exact) mass is 301 g/mol. The Morgan fingerprint density at radius 1 is 1.29 bits per heavy atom. The summed E-state index contributed by atoms with van der Waals surface area (Å²) in [7, 11) is 0. The van der Waals surface area contributed by atoms with Crippen LogP contribution in [0.2, 0.25) is 0 Å². The zero-order valence-corrected chi connectivity index (χ0v) is 12.3. The molecule has 0 spiro atoms. The number of carbonyl (C=O) groups excluding carboxylic acids is 1. The molecule has 0 unspecified atom stereocenters. The Kier molecular flexibility index (Phi) is 4.90. The fraction of sp³-hybridized carbons (Fsp3) is 0.125. The van der Waals surface area contributed by atoms with Crippen LogP contribution in [-0.4, -0.2) is 17.0 Å². The molecule has 4 nitrogen and oxygen atoms in total. The number of carbonyl (C=O) groups is 2. The number of carboxylic acid groups (broad SMARTS) is 1. The van der Waals surface area contributed by atoms with E-state index in [0.29, 0.717) is 12.1 Å². The van der Waals surface area contributed by atoms with Gasteiger partial charge in [0.25, 0.3) is 5.91 Å². The lowest BCUT2D eigenvalue weighted by Gasteiger charge is -2.09. The van der Waals surface area contributed by atoms with Gasteiger partial charge in [-0.1, -0.05) is 18.2 Å². The van der Waals surface area contributed by atoms with Crippen LogP contribution in [0, 0.1) is 6.92 Å². The molecule has 1 amide bonds. The van der Waals surface area contributed by atoms with Crippen molar-refractivity contribution < 1.29 is 14.7 Å². The highest BCUT2D eigenvalue weighted by molar-refractivity contribution is 7.09. The Morgan fingerprint density at radius 3 is 2.76 bits per heavy atom. The maximum atomic E-state index is 12.2. The molecule has 0 fully saturated rings. The van der Waals surface area contributed by atoms with Gasteiger partial charge in [-0.05, 0) is 41.6 Å². The summed E-state index contributed by atoms with van der Waals surface area (Å²) in [5.74, 6) is -1.17. The smallest absolute Gasteiger partial charge is 0.328 e. The molecule has 5 heteroatoms. The fourth-order valence-corrected chi connectivity index (χ4v) is 2.56. The average Bonchev–Trinajstić information content (AvgIpc) is 2.97. The normalized spacial score (nSPS) is 10.7. The highest BCUT2D eigenvalue weighted by atomic mass is 32.1. The van der Waals surface area contributed by atoms with Crippen LogP contribution in [-0.2, 0) is 11.3 Å². The lowest BCUT2D eigenvalue weighted by molar-refractivity contribution is -0.131. The van der Waals surface area contributed by atoms with Gasteiger partial charge in [-0.25, -0.2) is 4.79 Å². The number of nitrogens with one attached hydrogen (secondary N) is 1. The van der Waals surface area contributed by atoms with Crippen LogP contribution in [0.5, 0.6) is 0 Å². The molecule has 1 aromatic carbocycles. The lowest BCUT2D eigenvalue weighted by atomic mass is 10.0. The van der Waals surface area contributed by atoms with Gasteiger partial charge in [0, 0.05) is 16.5 Å². The van der Waals surface area contributed by atoms with Crippen LogP contribution >= 0.6 is 11.3 Å². The molecule has 2 rings (SSSR count). The Morgan fingerprint density at radius 2 is 2.10 bits per heavy atom. The first kappa shape index (κ1) is 15.0. The number of carboxylic acids is 1. The molecule has 21 heavy (non-hydrogen) atoms. The van der Waals surface area contributed by atoms with Gasteiger partial charge in [0.05, 0.1) is 6.54 Å². The van der Waals surface area contributed by atoms with E-state index in [1.807, 2.05) is 24.4 Å². The molecule has 0 saturated heterocycles. The maximum Gasteiger partial charge on any atom is 0.328 e. The third kappa shape index (κ3) is 4.03. The van der Waals surface area contributed by atoms with Crippen molar-refractivity contribution in [2.75, 3.05) is 0 Å². The predicted molar refractivity (Wildman–Crippen MR) is 83.3 cm³/mol. The van der Waals surface area contributed by atoms with Gasteiger partial charge in [-0.2, -0.15) is 0 Å². The zero-order chi connectivity index (χ0) is 15.2. The Balaban J connectivity index is 2.13. The fourth-order valence-electron chi connectivity index (χ4n) is 1.92. The van der Waals surface area contributed by atoms with E-state index in [1.54, 1.807) is 29.5 Å². The molecule has 0 bridgehead atoms. The molecule has 0 atom stereocenters. The van der Waals surface area contributed by atoms with E-state index in [0.717, 1.165) is 22.1 Å². The summed E-state index contributed by atoms with van der Waals surface area (Å²) in [5, 5.41) is 13.5. The summed E-state index contributed by atoms with van der Waals surface area (Å²) in [5.41, 5.74) is 2.04. The van der Waals surface area contributed by atoms with E-state index in [4.69, 9.17) is 5.11 Å². The second-order valence-electron chi connectivity index (χ2n) is 4.45. The highest BCUT2D eigenvalue weighted by Gasteiger charge is 2.10. The number of hydrogen-bond acceptors (Lipinski definition) is 3. The lowest BCUT2D eigenvalue weighted by Crippen LogP contribution is -2.23. The predicted octanol–water partition coefficient (Wildman–Crippen LogP) is 3.08. The molecule has 0 aliphatic carbocycles. The number of aliphatic carboxylic acids is 1. The number of hydrogen-bond donors (Lipinski definition) is 2. The van der Waals surface area contributed by atoms with Crippen molar-refractivity contribution in [2.24, 2.45) is 0 Å². The van der Waals surface area contributed by atoms with Crippen molar-refractivity contribution in [1.82, 2.24) is 5.32 Å². The second-order valence-corrected chi connectivity index (χ2v) is 5.49. The summed E-state index contributed by atoms with van der Waals surface area (Å²) in [4.78, 5) is 23.9. The van der Waals surface area contributed by atoms with E-state index >= 15 is 0 Å². The largest absolute Gasteiger partial charge is 0.478 e. The number of amides is 1. The van der Waals surface area contributed by atoms with Gasteiger partial charge in [-0.15, -0.1) is 11.3 Å². The Hall–Kier alpha value is -2.40. The minimum absolute atomic E-state index is 0.161. The van der Waals surface area contributed by atoms with Gasteiger partial charge in [0.2, 0.25) is 0 Å². The van der Waals surface area contributed by atoms with Crippen LogP contribution in [0.3, 0.4) is 0 Å². The van der Waals surface area contributed by atoms with Gasteiger partial charge >= 0.3 is 5.97 Å². The van der Waals surface area contributed by atoms with Crippen molar-refractivity contribution in [3.05, 3.63) is 63.4 Å². The highest BCUT2D eigenvalue weighted by Crippen LogP contribution is 2.16. The van der Waals surface area contributed by atoms with Crippen LogP contribution in [0.25, 0.3) is 6.08 Å². The number of rotatable bonds is 5. The van der Waals surface area contributed by atoms with Crippen molar-refractivity contribution in [3.8, 4) is 0 Å². The Labute approximate surface area is 126 Å². The average molecular weight is 301 g/mol. The molecule has 0 saturated carbocycles. The Bertz CT molecular complexity index is 675. The van der Waals surface area contributed by atoms with Gasteiger partial charge in [0.1, 0.15) is 0 Å². The molecular formula is C16H15NO3S. The van der Waals surface area contributed by atoms with Crippen molar-refractivity contribution in [2.45, 2.75) is 13.5 Å². The molecule has 1 heterocycles. The van der Waals surface area contributed by atoms with Crippen LogP contribution in [0.4, 0.5) is 0 Å². The molecule has 0 aliphatic rings. The third-order valence-corrected chi connectivity index (χ3v) is 3.91. The maximum absolute atomic E-state index is 12.2. The first-order valence-electron chi connectivity index (χ1n) is 6.39. The van der Waals surface area contributed by atoms with Crippen molar-refractivity contribution in [1.29, 1.82) is 0 Å². The second kappa shape index (κ2) is 6.85. The first-order valence-corrected chi connectivity index (χ1v) is 7.27. The molecule has 2 aromatic rings. The summed E-state index contributed by atoms with van der Waals surface area (Å²) in [6.45, 7) is 2.30. The van der Waals surface area contributed by atoms with E-state index in [-0.39, 0.29) is 5.91 Å². The van der Waals surface area contributed by atoms with Crippen LogP contribution < -0.4 is 5.32 Å². The standard InChI is InChI=1S/C16H15NO3S/c1-11-12(7-8-15(18)19)4-2-6-14(11)16(20)17-10-13-5-3-9-21-13/h2-9H,10H2,1H3,(H,17,20)(H,18,19). The van der Waals surface area contributed by atoms with Crippen LogP contribution in [0.15, 0.2) is 41.8 Å². The topological polar surface area (TPSA) is 66.4 Å². The van der Waals surface area contributed by atoms with Crippen LogP contribution in [0.1, 0.15) is 26.4 Å². The summed E-state index contributed by atoms with van der Waals surface area (Å²) >= 11 is 1.59. The minimum Gasteiger partial charge on any atom is -0.478 e. The molecule has 0 radical (unpaired) electrons. The molecule has 108 valence electrons. The molecule has 1 aromatic heterocycles. The number of thiophene rings is 1. The SMILES string of the molecule is Cc1c(C=CC(=O)O)cccc1C(=O)NCc1cccs1. The van der Waals surface area contributed by atoms with E-state index < -0.39 is 5.97 Å². The minimum atomic E-state index is -1.01. The molecular weight excluding hydrogens is 286 g/mol. The third-order valence-electron chi connectivity index (χ3n) is 3.03. The van der Waals surface area contributed by atoms with Gasteiger partial charge in [-0.3, -0.25) is 4.79 Å². The van der Waals surface area contributed by atoms with E-state index in [1.165, 1.54) is 6.08 Å². The summed E-state index contributed by atoms with van der Waals surface area (Å²) in [6.07, 6.45) is 2.56. The van der Waals surface area contributed by atoms with Crippen molar-refractivity contribution >= 4 is 29.3 Å². The van der Waals surface area contributed by atoms with Crippen molar-refractivity contribution in [3.63, 3.8) is 0 Å². The summed E-state index contributed by atoms with van der Waals surface area (Å²) in [6, 6.07) is 9.16. The van der Waals surface area contributed by atoms with Gasteiger partial charge in [0.15, 0.2) is 0 Å². The zero-order valence-electron chi connectivity index (χ0n) is 11.5.